The third-order valence-electron chi connectivity index (χ3n) is 2.70. The number of hydrogen-bond donors (Lipinski definition) is 1. The number of anilines is 1. The van der Waals surface area contributed by atoms with E-state index in [1.807, 2.05) is 44.2 Å². The SMILES string of the molecule is Cc1ccc(NCc2cc(Br)ccc2Cl)c(C)n1. The summed E-state index contributed by atoms with van der Waals surface area (Å²) in [7, 11) is 0. The molecule has 18 heavy (non-hydrogen) atoms. The number of pyridine rings is 1. The van der Waals surface area contributed by atoms with Crippen LogP contribution in [0.15, 0.2) is 34.8 Å². The Hall–Kier alpha value is -1.06. The first-order chi connectivity index (χ1) is 8.56. The molecule has 0 unspecified atom stereocenters. The van der Waals surface area contributed by atoms with Crippen LogP contribution in [0.5, 0.6) is 0 Å². The normalized spacial score (nSPS) is 10.4. The molecular weight excluding hydrogens is 312 g/mol. The Labute approximate surface area is 121 Å². The number of rotatable bonds is 3. The maximum Gasteiger partial charge on any atom is 0.0606 e. The molecule has 94 valence electrons. The zero-order chi connectivity index (χ0) is 13.1. The van der Waals surface area contributed by atoms with Crippen molar-refractivity contribution in [2.45, 2.75) is 20.4 Å². The lowest BCUT2D eigenvalue weighted by atomic mass is 10.2. The summed E-state index contributed by atoms with van der Waals surface area (Å²) in [5, 5.41) is 4.12. The monoisotopic (exact) mass is 324 g/mol. The first-order valence-electron chi connectivity index (χ1n) is 5.68. The fraction of sp³-hybridized carbons (Fsp3) is 0.214. The van der Waals surface area contributed by atoms with Crippen LogP contribution in [0, 0.1) is 13.8 Å². The molecule has 0 aliphatic rings. The van der Waals surface area contributed by atoms with E-state index in [4.69, 9.17) is 11.6 Å². The Kier molecular flexibility index (Phi) is 4.25. The minimum Gasteiger partial charge on any atom is -0.379 e. The lowest BCUT2D eigenvalue weighted by Crippen LogP contribution is -2.03. The van der Waals surface area contributed by atoms with Gasteiger partial charge in [-0.25, -0.2) is 0 Å². The third-order valence-corrected chi connectivity index (χ3v) is 3.56. The van der Waals surface area contributed by atoms with Crippen molar-refractivity contribution in [1.29, 1.82) is 0 Å². The third kappa shape index (κ3) is 3.24. The highest BCUT2D eigenvalue weighted by Crippen LogP contribution is 2.22. The average molecular weight is 326 g/mol. The van der Waals surface area contributed by atoms with Gasteiger partial charge < -0.3 is 5.32 Å². The van der Waals surface area contributed by atoms with E-state index in [1.54, 1.807) is 0 Å². The minimum absolute atomic E-state index is 0.684. The number of nitrogens with zero attached hydrogens (tertiary/aromatic N) is 1. The van der Waals surface area contributed by atoms with E-state index in [0.29, 0.717) is 6.54 Å². The summed E-state index contributed by atoms with van der Waals surface area (Å²) in [6.07, 6.45) is 0. The summed E-state index contributed by atoms with van der Waals surface area (Å²) in [6, 6.07) is 9.89. The van der Waals surface area contributed by atoms with E-state index in [-0.39, 0.29) is 0 Å². The van der Waals surface area contributed by atoms with Gasteiger partial charge in [0.1, 0.15) is 0 Å². The fourth-order valence-electron chi connectivity index (χ4n) is 1.74. The molecule has 2 rings (SSSR count). The molecule has 0 bridgehead atoms. The van der Waals surface area contributed by atoms with Crippen molar-refractivity contribution < 1.29 is 0 Å². The zero-order valence-electron chi connectivity index (χ0n) is 10.3. The molecule has 1 heterocycles. The molecule has 0 spiro atoms. The van der Waals surface area contributed by atoms with Gasteiger partial charge in [0.15, 0.2) is 0 Å². The highest BCUT2D eigenvalue weighted by molar-refractivity contribution is 9.10. The van der Waals surface area contributed by atoms with Crippen LogP contribution >= 0.6 is 27.5 Å². The predicted molar refractivity (Wildman–Crippen MR) is 80.2 cm³/mol. The molecule has 0 fully saturated rings. The van der Waals surface area contributed by atoms with Gasteiger partial charge in [0.2, 0.25) is 0 Å². The van der Waals surface area contributed by atoms with Crippen molar-refractivity contribution >= 4 is 33.2 Å². The van der Waals surface area contributed by atoms with Gasteiger partial charge in [-0.1, -0.05) is 27.5 Å². The van der Waals surface area contributed by atoms with E-state index in [0.717, 1.165) is 32.1 Å². The second-order valence-corrected chi connectivity index (χ2v) is 5.50. The van der Waals surface area contributed by atoms with Crippen LogP contribution in [0.25, 0.3) is 0 Å². The lowest BCUT2D eigenvalue weighted by molar-refractivity contribution is 1.08. The van der Waals surface area contributed by atoms with Crippen LogP contribution in [-0.4, -0.2) is 4.98 Å². The Morgan fingerprint density at radius 1 is 1.22 bits per heavy atom. The van der Waals surface area contributed by atoms with Gasteiger partial charge in [0.05, 0.1) is 11.4 Å². The molecule has 4 heteroatoms. The number of halogens is 2. The van der Waals surface area contributed by atoms with Crippen molar-refractivity contribution in [3.05, 3.63) is 56.8 Å². The molecular formula is C14H14BrClN2. The van der Waals surface area contributed by atoms with E-state index in [9.17, 15) is 0 Å². The van der Waals surface area contributed by atoms with Crippen LogP contribution in [0.2, 0.25) is 5.02 Å². The Balaban J connectivity index is 2.13. The van der Waals surface area contributed by atoms with Crippen molar-refractivity contribution in [2.24, 2.45) is 0 Å². The molecule has 0 aliphatic carbocycles. The maximum absolute atomic E-state index is 6.15. The topological polar surface area (TPSA) is 24.9 Å². The zero-order valence-corrected chi connectivity index (χ0v) is 12.6. The van der Waals surface area contributed by atoms with Gasteiger partial charge >= 0.3 is 0 Å². The highest BCUT2D eigenvalue weighted by Gasteiger charge is 2.03. The van der Waals surface area contributed by atoms with Crippen molar-refractivity contribution in [2.75, 3.05) is 5.32 Å². The summed E-state index contributed by atoms with van der Waals surface area (Å²) in [5.74, 6) is 0. The van der Waals surface area contributed by atoms with Gasteiger partial charge in [-0.2, -0.15) is 0 Å². The summed E-state index contributed by atoms with van der Waals surface area (Å²) in [4.78, 5) is 4.42. The average Bonchev–Trinajstić information content (AvgIpc) is 2.32. The largest absolute Gasteiger partial charge is 0.379 e. The van der Waals surface area contributed by atoms with Crippen LogP contribution in [-0.2, 0) is 6.54 Å². The van der Waals surface area contributed by atoms with Crippen molar-refractivity contribution in [3.63, 3.8) is 0 Å². The maximum atomic E-state index is 6.15. The summed E-state index contributed by atoms with van der Waals surface area (Å²) in [5.41, 5.74) is 4.13. The van der Waals surface area contributed by atoms with E-state index in [1.165, 1.54) is 0 Å². The lowest BCUT2D eigenvalue weighted by Gasteiger charge is -2.11. The molecule has 0 amide bonds. The standard InChI is InChI=1S/C14H14BrClN2/c1-9-3-6-14(10(2)18-9)17-8-11-7-12(15)4-5-13(11)16/h3-7,17H,8H2,1-2H3. The molecule has 2 nitrogen and oxygen atoms in total. The number of aryl methyl sites for hydroxylation is 2. The Morgan fingerprint density at radius 3 is 2.72 bits per heavy atom. The van der Waals surface area contributed by atoms with E-state index in [2.05, 4.69) is 26.2 Å². The molecule has 0 aliphatic heterocycles. The summed E-state index contributed by atoms with van der Waals surface area (Å²) >= 11 is 9.60. The van der Waals surface area contributed by atoms with Gasteiger partial charge in [-0.3, -0.25) is 4.98 Å². The van der Waals surface area contributed by atoms with Gasteiger partial charge in [0, 0.05) is 21.7 Å². The van der Waals surface area contributed by atoms with Gasteiger partial charge in [0.25, 0.3) is 0 Å². The molecule has 1 aromatic carbocycles. The number of aromatic nitrogens is 1. The predicted octanol–water partition coefficient (Wildman–Crippen LogP) is 4.73. The summed E-state index contributed by atoms with van der Waals surface area (Å²) in [6.45, 7) is 4.67. The van der Waals surface area contributed by atoms with Crippen LogP contribution < -0.4 is 5.32 Å². The Morgan fingerprint density at radius 2 is 2.00 bits per heavy atom. The quantitative estimate of drug-likeness (QED) is 0.882. The summed E-state index contributed by atoms with van der Waals surface area (Å²) < 4.78 is 1.03. The smallest absolute Gasteiger partial charge is 0.0606 e. The van der Waals surface area contributed by atoms with E-state index < -0.39 is 0 Å². The fourth-order valence-corrected chi connectivity index (χ4v) is 2.34. The van der Waals surface area contributed by atoms with Crippen molar-refractivity contribution in [1.82, 2.24) is 4.98 Å². The molecule has 1 aromatic heterocycles. The second kappa shape index (κ2) is 5.72. The molecule has 0 atom stereocenters. The Bertz CT molecular complexity index is 570. The molecule has 0 radical (unpaired) electrons. The molecule has 2 aromatic rings. The van der Waals surface area contributed by atoms with Gasteiger partial charge in [-0.05, 0) is 49.7 Å². The first kappa shape index (κ1) is 13.4. The minimum atomic E-state index is 0.684. The van der Waals surface area contributed by atoms with Gasteiger partial charge in [-0.15, -0.1) is 0 Å². The van der Waals surface area contributed by atoms with E-state index >= 15 is 0 Å². The van der Waals surface area contributed by atoms with Crippen LogP contribution in [0.4, 0.5) is 5.69 Å². The highest BCUT2D eigenvalue weighted by atomic mass is 79.9. The molecule has 0 saturated carbocycles. The van der Waals surface area contributed by atoms with Crippen LogP contribution in [0.1, 0.15) is 17.0 Å². The number of hydrogen-bond acceptors (Lipinski definition) is 2. The number of nitrogens with one attached hydrogen (secondary N) is 1. The second-order valence-electron chi connectivity index (χ2n) is 4.17. The first-order valence-corrected chi connectivity index (χ1v) is 6.85. The van der Waals surface area contributed by atoms with Crippen molar-refractivity contribution in [3.8, 4) is 0 Å². The number of benzene rings is 1. The molecule has 1 N–H and O–H groups in total. The molecule has 0 saturated heterocycles. The van der Waals surface area contributed by atoms with Crippen LogP contribution in [0.3, 0.4) is 0 Å².